The molecule has 0 aromatic carbocycles. The van der Waals surface area contributed by atoms with Crippen molar-refractivity contribution in [1.82, 2.24) is 0 Å². The average molecular weight is 1070 g/mol. The zero-order valence-corrected chi connectivity index (χ0v) is 50.2. The smallest absolute Gasteiger partial charge is 0.306 e. The Morgan fingerprint density at radius 3 is 0.883 bits per heavy atom. The van der Waals surface area contributed by atoms with E-state index in [0.717, 1.165) is 103 Å². The summed E-state index contributed by atoms with van der Waals surface area (Å²) in [7, 11) is 0. The van der Waals surface area contributed by atoms with Crippen molar-refractivity contribution >= 4 is 17.9 Å². The van der Waals surface area contributed by atoms with Gasteiger partial charge in [-0.3, -0.25) is 14.4 Å². The van der Waals surface area contributed by atoms with E-state index in [1.165, 1.54) is 141 Å². The lowest BCUT2D eigenvalue weighted by Gasteiger charge is -2.18. The number of hydrogen-bond donors (Lipinski definition) is 0. The van der Waals surface area contributed by atoms with E-state index in [4.69, 9.17) is 14.2 Å². The van der Waals surface area contributed by atoms with Gasteiger partial charge in [-0.2, -0.15) is 0 Å². The first-order chi connectivity index (χ1) is 38.0. The maximum atomic E-state index is 12.9. The minimum absolute atomic E-state index is 0.108. The predicted molar refractivity (Wildman–Crippen MR) is 334 cm³/mol. The second-order valence-corrected chi connectivity index (χ2v) is 20.9. The monoisotopic (exact) mass is 1070 g/mol. The molecule has 0 N–H and O–H groups in total. The summed E-state index contributed by atoms with van der Waals surface area (Å²) in [6.45, 7) is 6.35. The highest BCUT2D eigenvalue weighted by molar-refractivity contribution is 5.71. The second kappa shape index (κ2) is 64.3. The van der Waals surface area contributed by atoms with E-state index in [1.807, 2.05) is 6.08 Å². The second-order valence-electron chi connectivity index (χ2n) is 20.9. The van der Waals surface area contributed by atoms with E-state index in [1.54, 1.807) is 0 Å². The summed E-state index contributed by atoms with van der Waals surface area (Å²) in [5.74, 6) is -0.999. The summed E-state index contributed by atoms with van der Waals surface area (Å²) >= 11 is 0. The molecule has 6 heteroatoms. The van der Waals surface area contributed by atoms with Crippen LogP contribution in [0.15, 0.2) is 122 Å². The van der Waals surface area contributed by atoms with Crippen LogP contribution >= 0.6 is 0 Å². The van der Waals surface area contributed by atoms with Crippen LogP contribution < -0.4 is 0 Å². The molecule has 0 bridgehead atoms. The molecule has 1 unspecified atom stereocenters. The van der Waals surface area contributed by atoms with Crippen LogP contribution in [0.2, 0.25) is 0 Å². The first-order valence-corrected chi connectivity index (χ1v) is 32.0. The maximum Gasteiger partial charge on any atom is 0.306 e. The number of hydrogen-bond acceptors (Lipinski definition) is 6. The van der Waals surface area contributed by atoms with Crippen LogP contribution in [-0.4, -0.2) is 37.2 Å². The number of rotatable bonds is 57. The molecule has 0 aliphatic carbocycles. The average Bonchev–Trinajstić information content (AvgIpc) is 3.43. The van der Waals surface area contributed by atoms with Gasteiger partial charge in [0.25, 0.3) is 0 Å². The van der Waals surface area contributed by atoms with Gasteiger partial charge in [0, 0.05) is 19.3 Å². The Hall–Kier alpha value is -4.19. The van der Waals surface area contributed by atoms with Gasteiger partial charge in [0.05, 0.1) is 0 Å². The number of unbranched alkanes of at least 4 members (excludes halogenated alkanes) is 26. The highest BCUT2D eigenvalue weighted by Crippen LogP contribution is 2.16. The normalized spacial score (nSPS) is 12.9. The molecule has 1 atom stereocenters. The summed E-state index contributed by atoms with van der Waals surface area (Å²) in [6.07, 6.45) is 89.4. The third-order valence-electron chi connectivity index (χ3n) is 13.4. The number of carbonyl (C=O) groups is 3. The Kier molecular flexibility index (Phi) is 60.8. The summed E-state index contributed by atoms with van der Waals surface area (Å²) in [5, 5.41) is 0. The van der Waals surface area contributed by atoms with E-state index in [2.05, 4.69) is 136 Å². The Labute approximate surface area is 475 Å². The molecule has 0 aromatic rings. The van der Waals surface area contributed by atoms with E-state index in [0.29, 0.717) is 19.3 Å². The van der Waals surface area contributed by atoms with Gasteiger partial charge < -0.3 is 14.2 Å². The molecule has 0 spiro atoms. The van der Waals surface area contributed by atoms with Gasteiger partial charge in [0.15, 0.2) is 6.10 Å². The molecule has 0 aliphatic heterocycles. The lowest BCUT2D eigenvalue weighted by atomic mass is 10.0. The third kappa shape index (κ3) is 62.5. The molecule has 438 valence electrons. The van der Waals surface area contributed by atoms with Crippen molar-refractivity contribution < 1.29 is 28.6 Å². The predicted octanol–water partition coefficient (Wildman–Crippen LogP) is 22.0. The molecular formula is C71H118O6. The van der Waals surface area contributed by atoms with Crippen molar-refractivity contribution in [2.45, 2.75) is 297 Å². The minimum atomic E-state index is -0.816. The van der Waals surface area contributed by atoms with Crippen LogP contribution in [0.4, 0.5) is 0 Å². The van der Waals surface area contributed by atoms with Crippen molar-refractivity contribution in [2.24, 2.45) is 0 Å². The summed E-state index contributed by atoms with van der Waals surface area (Å²) in [4.78, 5) is 38.3. The van der Waals surface area contributed by atoms with Crippen LogP contribution in [0.3, 0.4) is 0 Å². The quantitative estimate of drug-likeness (QED) is 0.0261. The van der Waals surface area contributed by atoms with Crippen LogP contribution in [0.5, 0.6) is 0 Å². The standard InChI is InChI=1S/C71H118O6/c1-4-7-10-13-16-19-22-25-27-29-31-33-35-37-39-41-43-46-49-52-55-58-61-64-70(73)76-67-68(66-75-69(72)63-60-57-54-51-48-45-24-21-18-15-12-9-6-3)77-71(74)65-62-59-56-53-50-47-44-42-40-38-36-34-32-30-28-26-23-20-17-14-11-8-5-2/h7,9-10,12,16,18-19,21,25,27,30-33,37,39,45,48,54,57,68H,4-6,8,11,13-15,17,20,22-24,26,28-29,34-36,38,40-44,46-47,49-53,55-56,58-67H2,1-3H3/b10-7-,12-9-,19-16-,21-18-,27-25-,32-30-,33-31-,39-37-,48-45-,57-54-. The fourth-order valence-electron chi connectivity index (χ4n) is 8.71. The topological polar surface area (TPSA) is 78.9 Å². The largest absolute Gasteiger partial charge is 0.462 e. The van der Waals surface area contributed by atoms with Crippen molar-refractivity contribution in [1.29, 1.82) is 0 Å². The molecule has 0 amide bonds. The van der Waals surface area contributed by atoms with Crippen LogP contribution in [-0.2, 0) is 28.6 Å². The molecule has 0 radical (unpaired) electrons. The van der Waals surface area contributed by atoms with Crippen molar-refractivity contribution in [3.8, 4) is 0 Å². The molecule has 0 saturated heterocycles. The lowest BCUT2D eigenvalue weighted by Crippen LogP contribution is -2.30. The lowest BCUT2D eigenvalue weighted by molar-refractivity contribution is -0.166. The minimum Gasteiger partial charge on any atom is -0.462 e. The number of allylic oxidation sites excluding steroid dienone is 20. The Bertz CT molecular complexity index is 1600. The zero-order valence-electron chi connectivity index (χ0n) is 50.2. The molecule has 77 heavy (non-hydrogen) atoms. The first-order valence-electron chi connectivity index (χ1n) is 32.0. The van der Waals surface area contributed by atoms with Crippen molar-refractivity contribution in [2.75, 3.05) is 13.2 Å². The number of ether oxygens (including phenoxy) is 3. The van der Waals surface area contributed by atoms with Crippen LogP contribution in [0, 0.1) is 0 Å². The van der Waals surface area contributed by atoms with Crippen molar-refractivity contribution in [3.63, 3.8) is 0 Å². The van der Waals surface area contributed by atoms with E-state index in [-0.39, 0.29) is 37.5 Å². The first kappa shape index (κ1) is 72.8. The Morgan fingerprint density at radius 1 is 0.273 bits per heavy atom. The molecule has 0 aliphatic rings. The van der Waals surface area contributed by atoms with Gasteiger partial charge in [-0.1, -0.05) is 277 Å². The van der Waals surface area contributed by atoms with Gasteiger partial charge >= 0.3 is 17.9 Å². The van der Waals surface area contributed by atoms with Gasteiger partial charge in [0.1, 0.15) is 13.2 Å². The van der Waals surface area contributed by atoms with Gasteiger partial charge in [-0.15, -0.1) is 0 Å². The van der Waals surface area contributed by atoms with Crippen LogP contribution in [0.1, 0.15) is 290 Å². The zero-order chi connectivity index (χ0) is 55.7. The molecule has 6 nitrogen and oxygen atoms in total. The molecule has 0 rings (SSSR count). The summed E-state index contributed by atoms with van der Waals surface area (Å²) in [6, 6.07) is 0. The van der Waals surface area contributed by atoms with Crippen LogP contribution in [0.25, 0.3) is 0 Å². The summed E-state index contributed by atoms with van der Waals surface area (Å²) in [5.41, 5.74) is 0. The van der Waals surface area contributed by atoms with Gasteiger partial charge in [-0.25, -0.2) is 0 Å². The summed E-state index contributed by atoms with van der Waals surface area (Å²) < 4.78 is 16.8. The molecule has 0 saturated carbocycles. The number of esters is 3. The fourth-order valence-corrected chi connectivity index (χ4v) is 8.71. The van der Waals surface area contributed by atoms with Gasteiger partial charge in [0.2, 0.25) is 0 Å². The van der Waals surface area contributed by atoms with E-state index in [9.17, 15) is 14.4 Å². The maximum absolute atomic E-state index is 12.9. The SMILES string of the molecule is CC/C=C\C/C=C\C/C=C\C/C=C\C/C=C\CCCCCCCCCC(=O)OCC(COC(=O)CC/C=C\C/C=C\C/C=C\C/C=C\CC)OC(=O)CCCCCCCCCCCCC/C=C\CCCCCCCCCC. The number of carbonyl (C=O) groups excluding carboxylic acids is 3. The Balaban J connectivity index is 4.40. The third-order valence-corrected chi connectivity index (χ3v) is 13.4. The highest BCUT2D eigenvalue weighted by Gasteiger charge is 2.19. The van der Waals surface area contributed by atoms with Crippen molar-refractivity contribution in [3.05, 3.63) is 122 Å². The molecular weight excluding hydrogens is 949 g/mol. The molecule has 0 heterocycles. The van der Waals surface area contributed by atoms with Gasteiger partial charge in [-0.05, 0) is 116 Å². The van der Waals surface area contributed by atoms with E-state index < -0.39 is 6.10 Å². The fraction of sp³-hybridized carbons (Fsp3) is 0.676. The highest BCUT2D eigenvalue weighted by atomic mass is 16.6. The molecule has 0 aromatic heterocycles. The molecule has 0 fully saturated rings. The Morgan fingerprint density at radius 2 is 0.532 bits per heavy atom. The van der Waals surface area contributed by atoms with E-state index >= 15 is 0 Å².